The topological polar surface area (TPSA) is 72.5 Å². The average molecular weight is 438 g/mol. The average Bonchev–Trinajstić information content (AvgIpc) is 2.62. The molecule has 7 heteroatoms. The second-order valence-corrected chi connectivity index (χ2v) is 9.82. The lowest BCUT2D eigenvalue weighted by Crippen LogP contribution is -2.33. The van der Waals surface area contributed by atoms with E-state index in [1.807, 2.05) is 18.2 Å². The van der Waals surface area contributed by atoms with Gasteiger partial charge in [-0.3, -0.25) is 4.79 Å². The van der Waals surface area contributed by atoms with Crippen LogP contribution in [0.15, 0.2) is 51.8 Å². The quantitative estimate of drug-likeness (QED) is 0.787. The SMILES string of the molecule is CC(C)S(=O)(=O)c1ccccc1C(=O)NC1CCOc2ccc(Br)cc21. The highest BCUT2D eigenvalue weighted by atomic mass is 79.9. The molecule has 0 saturated heterocycles. The zero-order valence-corrected chi connectivity index (χ0v) is 16.9. The van der Waals surface area contributed by atoms with Crippen molar-refractivity contribution in [1.82, 2.24) is 5.32 Å². The van der Waals surface area contributed by atoms with Gasteiger partial charge in [-0.1, -0.05) is 28.1 Å². The third kappa shape index (κ3) is 3.64. The number of hydrogen-bond donors (Lipinski definition) is 1. The van der Waals surface area contributed by atoms with Crippen LogP contribution in [-0.2, 0) is 9.84 Å². The fourth-order valence-corrected chi connectivity index (χ4v) is 4.53. The molecule has 2 aromatic rings. The van der Waals surface area contributed by atoms with E-state index < -0.39 is 21.0 Å². The summed E-state index contributed by atoms with van der Waals surface area (Å²) in [6, 6.07) is 11.7. The van der Waals surface area contributed by atoms with E-state index in [4.69, 9.17) is 4.74 Å². The predicted molar refractivity (Wildman–Crippen MR) is 103 cm³/mol. The van der Waals surface area contributed by atoms with E-state index in [2.05, 4.69) is 21.2 Å². The molecular weight excluding hydrogens is 418 g/mol. The highest BCUT2D eigenvalue weighted by molar-refractivity contribution is 9.10. The molecule has 1 aliphatic rings. The van der Waals surface area contributed by atoms with Crippen molar-refractivity contribution in [3.63, 3.8) is 0 Å². The van der Waals surface area contributed by atoms with Crippen molar-refractivity contribution in [3.05, 3.63) is 58.1 Å². The lowest BCUT2D eigenvalue weighted by molar-refractivity contribution is 0.0921. The van der Waals surface area contributed by atoms with Crippen molar-refractivity contribution in [2.75, 3.05) is 6.61 Å². The van der Waals surface area contributed by atoms with Crippen LogP contribution in [0.5, 0.6) is 5.75 Å². The lowest BCUT2D eigenvalue weighted by atomic mass is 10.00. The molecule has 1 unspecified atom stereocenters. The molecule has 138 valence electrons. The molecule has 0 aromatic heterocycles. The van der Waals surface area contributed by atoms with Crippen LogP contribution in [0.25, 0.3) is 0 Å². The first-order chi connectivity index (χ1) is 12.3. The minimum atomic E-state index is -3.55. The molecule has 26 heavy (non-hydrogen) atoms. The van der Waals surface area contributed by atoms with E-state index >= 15 is 0 Å². The summed E-state index contributed by atoms with van der Waals surface area (Å²) >= 11 is 3.44. The molecule has 1 aliphatic heterocycles. The maximum Gasteiger partial charge on any atom is 0.253 e. The highest BCUT2D eigenvalue weighted by Gasteiger charge is 2.28. The molecule has 1 N–H and O–H groups in total. The maximum absolute atomic E-state index is 12.9. The van der Waals surface area contributed by atoms with Crippen molar-refractivity contribution < 1.29 is 17.9 Å². The van der Waals surface area contributed by atoms with Crippen molar-refractivity contribution in [3.8, 4) is 5.75 Å². The maximum atomic E-state index is 12.9. The van der Waals surface area contributed by atoms with E-state index in [0.29, 0.717) is 13.0 Å². The summed E-state index contributed by atoms with van der Waals surface area (Å²) in [5.41, 5.74) is 1.05. The van der Waals surface area contributed by atoms with Gasteiger partial charge in [0.2, 0.25) is 0 Å². The molecule has 0 fully saturated rings. The largest absolute Gasteiger partial charge is 0.493 e. The van der Waals surface area contributed by atoms with Crippen molar-refractivity contribution in [1.29, 1.82) is 0 Å². The molecule has 5 nitrogen and oxygen atoms in total. The van der Waals surface area contributed by atoms with Crippen LogP contribution in [0.2, 0.25) is 0 Å². The van der Waals surface area contributed by atoms with E-state index in [9.17, 15) is 13.2 Å². The van der Waals surface area contributed by atoms with Gasteiger partial charge in [-0.25, -0.2) is 8.42 Å². The first-order valence-electron chi connectivity index (χ1n) is 8.36. The van der Waals surface area contributed by atoms with Gasteiger partial charge in [0.1, 0.15) is 5.75 Å². The number of carbonyl (C=O) groups is 1. The Hall–Kier alpha value is -1.86. The van der Waals surface area contributed by atoms with Crippen LogP contribution in [0.1, 0.15) is 42.2 Å². The molecular formula is C19H20BrNO4S. The van der Waals surface area contributed by atoms with Crippen LogP contribution < -0.4 is 10.1 Å². The highest BCUT2D eigenvalue weighted by Crippen LogP contribution is 2.34. The molecule has 3 rings (SSSR count). The van der Waals surface area contributed by atoms with Crippen LogP contribution in [0.4, 0.5) is 0 Å². The number of sulfone groups is 1. The van der Waals surface area contributed by atoms with Crippen molar-refractivity contribution in [2.24, 2.45) is 0 Å². The summed E-state index contributed by atoms with van der Waals surface area (Å²) in [6.07, 6.45) is 0.619. The molecule has 0 bridgehead atoms. The van der Waals surface area contributed by atoms with Gasteiger partial charge in [-0.2, -0.15) is 0 Å². The minimum Gasteiger partial charge on any atom is -0.493 e. The van der Waals surface area contributed by atoms with Crippen LogP contribution in [-0.4, -0.2) is 26.2 Å². The van der Waals surface area contributed by atoms with Gasteiger partial charge in [0.25, 0.3) is 5.91 Å². The molecule has 0 spiro atoms. The number of carbonyl (C=O) groups excluding carboxylic acids is 1. The van der Waals surface area contributed by atoms with Gasteiger partial charge < -0.3 is 10.1 Å². The van der Waals surface area contributed by atoms with E-state index in [1.165, 1.54) is 6.07 Å². The molecule has 0 aliphatic carbocycles. The Morgan fingerprint density at radius 3 is 2.69 bits per heavy atom. The minimum absolute atomic E-state index is 0.0639. The van der Waals surface area contributed by atoms with Crippen LogP contribution in [0, 0.1) is 0 Å². The van der Waals surface area contributed by atoms with Crippen LogP contribution >= 0.6 is 15.9 Å². The Labute approximate surface area is 161 Å². The van der Waals surface area contributed by atoms with Gasteiger partial charge in [0.15, 0.2) is 9.84 Å². The number of amides is 1. The smallest absolute Gasteiger partial charge is 0.253 e. The fourth-order valence-electron chi connectivity index (χ4n) is 2.91. The van der Waals surface area contributed by atoms with Gasteiger partial charge in [-0.15, -0.1) is 0 Å². The Balaban J connectivity index is 1.93. The second-order valence-electron chi connectivity index (χ2n) is 6.44. The number of rotatable bonds is 4. The Morgan fingerprint density at radius 2 is 1.96 bits per heavy atom. The third-order valence-electron chi connectivity index (χ3n) is 4.38. The normalized spacial score (nSPS) is 16.7. The standard InChI is InChI=1S/C19H20BrNO4S/c1-12(2)26(23,24)18-6-4-3-5-14(18)19(22)21-16-9-10-25-17-8-7-13(20)11-15(16)17/h3-8,11-12,16H,9-10H2,1-2H3,(H,21,22). The van der Waals surface area contributed by atoms with Gasteiger partial charge >= 0.3 is 0 Å². The second kappa shape index (κ2) is 7.40. The molecule has 0 radical (unpaired) electrons. The summed E-state index contributed by atoms with van der Waals surface area (Å²) in [7, 11) is -3.55. The first-order valence-corrected chi connectivity index (χ1v) is 10.7. The number of nitrogens with one attached hydrogen (secondary N) is 1. The summed E-state index contributed by atoms with van der Waals surface area (Å²) in [5.74, 6) is 0.329. The number of ether oxygens (including phenoxy) is 1. The number of hydrogen-bond acceptors (Lipinski definition) is 4. The Kier molecular flexibility index (Phi) is 5.39. The lowest BCUT2D eigenvalue weighted by Gasteiger charge is -2.27. The number of halogens is 1. The molecule has 0 saturated carbocycles. The van der Waals surface area contributed by atoms with E-state index in [0.717, 1.165) is 15.8 Å². The Morgan fingerprint density at radius 1 is 1.23 bits per heavy atom. The van der Waals surface area contributed by atoms with Crippen molar-refractivity contribution in [2.45, 2.75) is 36.5 Å². The summed E-state index contributed by atoms with van der Waals surface area (Å²) in [5, 5.41) is 2.37. The molecule has 2 aromatic carbocycles. The van der Waals surface area contributed by atoms with Gasteiger partial charge in [-0.05, 0) is 44.2 Å². The molecule has 1 heterocycles. The summed E-state index contributed by atoms with van der Waals surface area (Å²) in [6.45, 7) is 3.71. The monoisotopic (exact) mass is 437 g/mol. The third-order valence-corrected chi connectivity index (χ3v) is 7.08. The molecule has 1 atom stereocenters. The van der Waals surface area contributed by atoms with E-state index in [-0.39, 0.29) is 16.5 Å². The zero-order chi connectivity index (χ0) is 18.9. The van der Waals surface area contributed by atoms with Gasteiger partial charge in [0, 0.05) is 16.5 Å². The van der Waals surface area contributed by atoms with Crippen molar-refractivity contribution >= 4 is 31.7 Å². The van der Waals surface area contributed by atoms with Crippen LogP contribution in [0.3, 0.4) is 0 Å². The van der Waals surface area contributed by atoms with E-state index in [1.54, 1.807) is 32.0 Å². The first kappa shape index (κ1) is 18.9. The molecule has 1 amide bonds. The summed E-state index contributed by atoms with van der Waals surface area (Å²) in [4.78, 5) is 12.9. The Bertz CT molecular complexity index is 940. The summed E-state index contributed by atoms with van der Waals surface area (Å²) < 4.78 is 31.7. The fraction of sp³-hybridized carbons (Fsp3) is 0.316. The zero-order valence-electron chi connectivity index (χ0n) is 14.5. The predicted octanol–water partition coefficient (Wildman–Crippen LogP) is 3.88. The number of benzene rings is 2. The van der Waals surface area contributed by atoms with Gasteiger partial charge in [0.05, 0.1) is 28.4 Å². The number of fused-ring (bicyclic) bond motifs is 1.